The van der Waals surface area contributed by atoms with Gasteiger partial charge in [-0.25, -0.2) is 0 Å². The molecule has 0 radical (unpaired) electrons. The number of amides is 2. The SMILES string of the molecule is Cc1cc(NC(=O)CN2CCN(C(=O)COc3ccc4cc(Br)ccc4c3)CC2)no1. The van der Waals surface area contributed by atoms with Gasteiger partial charge in [0.2, 0.25) is 5.91 Å². The maximum atomic E-state index is 12.5. The Morgan fingerprint density at radius 2 is 1.84 bits per heavy atom. The third-order valence-corrected chi connectivity index (χ3v) is 5.62. The zero-order valence-electron chi connectivity index (χ0n) is 17.1. The highest BCUT2D eigenvalue weighted by Crippen LogP contribution is 2.24. The molecule has 1 aromatic heterocycles. The van der Waals surface area contributed by atoms with Crippen LogP contribution in [-0.2, 0) is 9.59 Å². The van der Waals surface area contributed by atoms with Gasteiger partial charge in [0.1, 0.15) is 11.5 Å². The van der Waals surface area contributed by atoms with Crippen molar-refractivity contribution in [2.45, 2.75) is 6.92 Å². The monoisotopic (exact) mass is 486 g/mol. The number of nitrogens with zero attached hydrogens (tertiary/aromatic N) is 3. The summed E-state index contributed by atoms with van der Waals surface area (Å²) in [7, 11) is 0. The second-order valence-electron chi connectivity index (χ2n) is 7.47. The van der Waals surface area contributed by atoms with Crippen molar-refractivity contribution in [1.82, 2.24) is 15.0 Å². The van der Waals surface area contributed by atoms with E-state index in [4.69, 9.17) is 9.26 Å². The van der Waals surface area contributed by atoms with E-state index in [2.05, 4.69) is 26.4 Å². The fourth-order valence-corrected chi connectivity index (χ4v) is 3.87. The van der Waals surface area contributed by atoms with Crippen molar-refractivity contribution in [3.05, 3.63) is 52.7 Å². The summed E-state index contributed by atoms with van der Waals surface area (Å²) in [5.74, 6) is 1.51. The first-order valence-corrected chi connectivity index (χ1v) is 10.8. The van der Waals surface area contributed by atoms with E-state index in [1.807, 2.05) is 41.3 Å². The number of aryl methyl sites for hydroxylation is 1. The van der Waals surface area contributed by atoms with Gasteiger partial charge in [-0.2, -0.15) is 0 Å². The third kappa shape index (κ3) is 5.62. The Morgan fingerprint density at radius 3 is 2.58 bits per heavy atom. The highest BCUT2D eigenvalue weighted by molar-refractivity contribution is 9.10. The third-order valence-electron chi connectivity index (χ3n) is 5.12. The summed E-state index contributed by atoms with van der Waals surface area (Å²) in [6.45, 7) is 4.38. The number of carbonyl (C=O) groups is 2. The van der Waals surface area contributed by atoms with Gasteiger partial charge in [-0.15, -0.1) is 0 Å². The first-order chi connectivity index (χ1) is 15.0. The van der Waals surface area contributed by atoms with Gasteiger partial charge in [-0.05, 0) is 42.0 Å². The quantitative estimate of drug-likeness (QED) is 0.575. The molecule has 4 rings (SSSR count). The summed E-state index contributed by atoms with van der Waals surface area (Å²) in [4.78, 5) is 28.4. The van der Waals surface area contributed by atoms with Crippen LogP contribution in [0.1, 0.15) is 5.76 Å². The molecule has 9 heteroatoms. The van der Waals surface area contributed by atoms with E-state index in [0.29, 0.717) is 43.5 Å². The highest BCUT2D eigenvalue weighted by Gasteiger charge is 2.23. The van der Waals surface area contributed by atoms with E-state index >= 15 is 0 Å². The average Bonchev–Trinajstić information content (AvgIpc) is 3.16. The molecule has 0 unspecified atom stereocenters. The molecular formula is C22H23BrN4O4. The summed E-state index contributed by atoms with van der Waals surface area (Å²) in [6.07, 6.45) is 0. The van der Waals surface area contributed by atoms with Crippen molar-refractivity contribution in [3.63, 3.8) is 0 Å². The number of aromatic nitrogens is 1. The van der Waals surface area contributed by atoms with Crippen molar-refractivity contribution in [2.24, 2.45) is 0 Å². The molecule has 2 aromatic carbocycles. The topological polar surface area (TPSA) is 87.9 Å². The molecule has 0 bridgehead atoms. The number of hydrogen-bond donors (Lipinski definition) is 1. The van der Waals surface area contributed by atoms with Crippen molar-refractivity contribution < 1.29 is 18.8 Å². The molecule has 0 spiro atoms. The van der Waals surface area contributed by atoms with Crippen molar-refractivity contribution in [1.29, 1.82) is 0 Å². The number of hydrogen-bond acceptors (Lipinski definition) is 6. The predicted octanol–water partition coefficient (Wildman–Crippen LogP) is 3.06. The number of piperazine rings is 1. The van der Waals surface area contributed by atoms with E-state index < -0.39 is 0 Å². The zero-order chi connectivity index (χ0) is 21.8. The molecule has 1 saturated heterocycles. The zero-order valence-corrected chi connectivity index (χ0v) is 18.7. The van der Waals surface area contributed by atoms with Gasteiger partial charge in [-0.1, -0.05) is 33.2 Å². The van der Waals surface area contributed by atoms with Crippen LogP contribution in [0.2, 0.25) is 0 Å². The number of nitrogens with one attached hydrogen (secondary N) is 1. The Bertz CT molecular complexity index is 1090. The normalized spacial score (nSPS) is 14.6. The minimum atomic E-state index is -0.153. The Hall–Kier alpha value is -2.91. The number of halogens is 1. The Labute approximate surface area is 188 Å². The number of rotatable bonds is 6. The molecule has 0 saturated carbocycles. The van der Waals surface area contributed by atoms with E-state index in [-0.39, 0.29) is 25.0 Å². The van der Waals surface area contributed by atoms with E-state index in [0.717, 1.165) is 15.2 Å². The summed E-state index contributed by atoms with van der Waals surface area (Å²) >= 11 is 3.46. The summed E-state index contributed by atoms with van der Waals surface area (Å²) < 4.78 is 11.7. The Balaban J connectivity index is 1.22. The van der Waals surface area contributed by atoms with Gasteiger partial charge < -0.3 is 19.5 Å². The van der Waals surface area contributed by atoms with Crippen LogP contribution in [0.25, 0.3) is 10.8 Å². The Kier molecular flexibility index (Phi) is 6.53. The van der Waals surface area contributed by atoms with Crippen LogP contribution in [0.3, 0.4) is 0 Å². The standard InChI is InChI=1S/C22H23BrN4O4/c1-15-10-20(25-31-15)24-21(28)13-26-6-8-27(9-7-26)22(29)14-30-19-5-3-16-11-18(23)4-2-17(16)12-19/h2-5,10-12H,6-9,13-14H2,1H3,(H,24,25,28). The first-order valence-electron chi connectivity index (χ1n) is 10.0. The largest absolute Gasteiger partial charge is 0.484 e. The van der Waals surface area contributed by atoms with Gasteiger partial charge in [0.05, 0.1) is 6.54 Å². The summed E-state index contributed by atoms with van der Waals surface area (Å²) in [5, 5.41) is 8.63. The first kappa shape index (κ1) is 21.3. The van der Waals surface area contributed by atoms with Crippen molar-refractivity contribution in [2.75, 3.05) is 44.6 Å². The highest BCUT2D eigenvalue weighted by atomic mass is 79.9. The van der Waals surface area contributed by atoms with Crippen LogP contribution < -0.4 is 10.1 Å². The van der Waals surface area contributed by atoms with Gasteiger partial charge >= 0.3 is 0 Å². The number of benzene rings is 2. The van der Waals surface area contributed by atoms with Gasteiger partial charge in [0.15, 0.2) is 12.4 Å². The molecule has 1 N–H and O–H groups in total. The molecular weight excluding hydrogens is 464 g/mol. The van der Waals surface area contributed by atoms with Gasteiger partial charge in [0, 0.05) is 36.7 Å². The maximum absolute atomic E-state index is 12.5. The number of fused-ring (bicyclic) bond motifs is 1. The van der Waals surface area contributed by atoms with Crippen LogP contribution in [0.5, 0.6) is 5.75 Å². The molecule has 1 aliphatic rings. The van der Waals surface area contributed by atoms with Crippen LogP contribution in [0.4, 0.5) is 5.82 Å². The maximum Gasteiger partial charge on any atom is 0.260 e. The lowest BCUT2D eigenvalue weighted by atomic mass is 10.1. The molecule has 2 heterocycles. The summed E-state index contributed by atoms with van der Waals surface area (Å²) in [6, 6.07) is 13.5. The average molecular weight is 487 g/mol. The molecule has 1 fully saturated rings. The predicted molar refractivity (Wildman–Crippen MR) is 120 cm³/mol. The molecule has 8 nitrogen and oxygen atoms in total. The number of carbonyl (C=O) groups excluding carboxylic acids is 2. The Morgan fingerprint density at radius 1 is 1.10 bits per heavy atom. The number of ether oxygens (including phenoxy) is 1. The van der Waals surface area contributed by atoms with E-state index in [9.17, 15) is 9.59 Å². The fourth-order valence-electron chi connectivity index (χ4n) is 3.49. The van der Waals surface area contributed by atoms with E-state index in [1.54, 1.807) is 17.9 Å². The fraction of sp³-hybridized carbons (Fsp3) is 0.318. The summed E-state index contributed by atoms with van der Waals surface area (Å²) in [5.41, 5.74) is 0. The van der Waals surface area contributed by atoms with Crippen LogP contribution in [0, 0.1) is 6.92 Å². The second kappa shape index (κ2) is 9.49. The molecule has 31 heavy (non-hydrogen) atoms. The molecule has 3 aromatic rings. The molecule has 0 atom stereocenters. The molecule has 1 aliphatic heterocycles. The minimum absolute atomic E-state index is 0.00592. The van der Waals surface area contributed by atoms with E-state index in [1.165, 1.54) is 0 Å². The van der Waals surface area contributed by atoms with Crippen LogP contribution in [-0.4, -0.2) is 66.1 Å². The van der Waals surface area contributed by atoms with Crippen molar-refractivity contribution in [3.8, 4) is 5.75 Å². The number of anilines is 1. The smallest absolute Gasteiger partial charge is 0.260 e. The molecule has 0 aliphatic carbocycles. The molecule has 2 amide bonds. The molecule has 162 valence electrons. The van der Waals surface area contributed by atoms with Gasteiger partial charge in [-0.3, -0.25) is 14.5 Å². The lowest BCUT2D eigenvalue weighted by Gasteiger charge is -2.34. The lowest BCUT2D eigenvalue weighted by Crippen LogP contribution is -2.51. The van der Waals surface area contributed by atoms with Gasteiger partial charge in [0.25, 0.3) is 5.91 Å². The van der Waals surface area contributed by atoms with Crippen molar-refractivity contribution >= 4 is 44.3 Å². The lowest BCUT2D eigenvalue weighted by molar-refractivity contribution is -0.135. The van der Waals surface area contributed by atoms with Crippen LogP contribution in [0.15, 0.2) is 51.5 Å². The minimum Gasteiger partial charge on any atom is -0.484 e. The second-order valence-corrected chi connectivity index (χ2v) is 8.39. The van der Waals surface area contributed by atoms with Crippen LogP contribution >= 0.6 is 15.9 Å².